The number of hydrogen-bond donors (Lipinski definition) is 0. The average Bonchev–Trinajstić information content (AvgIpc) is 2.28. The molecule has 0 radical (unpaired) electrons. The number of carbonyl (C=O) groups is 1. The predicted octanol–water partition coefficient (Wildman–Crippen LogP) is 2.23. The van der Waals surface area contributed by atoms with E-state index in [9.17, 15) is 4.79 Å². The van der Waals surface area contributed by atoms with Crippen molar-refractivity contribution in [3.05, 3.63) is 15.6 Å². The van der Waals surface area contributed by atoms with Gasteiger partial charge in [0.1, 0.15) is 0 Å². The van der Waals surface area contributed by atoms with Gasteiger partial charge in [0.05, 0.1) is 5.01 Å². The number of halogens is 1. The van der Waals surface area contributed by atoms with Crippen molar-refractivity contribution in [1.82, 2.24) is 4.98 Å². The molecule has 1 aromatic heterocycles. The highest BCUT2D eigenvalue weighted by Crippen LogP contribution is 2.17. The van der Waals surface area contributed by atoms with Crippen LogP contribution in [0.25, 0.3) is 0 Å². The van der Waals surface area contributed by atoms with Gasteiger partial charge in [-0.05, 0) is 13.8 Å². The van der Waals surface area contributed by atoms with Gasteiger partial charge in [-0.3, -0.25) is 0 Å². The van der Waals surface area contributed by atoms with Gasteiger partial charge in [0.2, 0.25) is 0 Å². The van der Waals surface area contributed by atoms with E-state index in [4.69, 9.17) is 0 Å². The lowest BCUT2D eigenvalue weighted by Crippen LogP contribution is -1.99. The summed E-state index contributed by atoms with van der Waals surface area (Å²) in [6, 6.07) is 0. The van der Waals surface area contributed by atoms with Crippen LogP contribution >= 0.6 is 27.6 Å². The van der Waals surface area contributed by atoms with Crippen LogP contribution in [0.15, 0.2) is 0 Å². The molecule has 1 rings (SSSR count). The van der Waals surface area contributed by atoms with Crippen LogP contribution in [-0.4, -0.2) is 11.0 Å². The second-order valence-corrected chi connectivity index (χ2v) is 3.73. The van der Waals surface area contributed by atoms with E-state index in [1.165, 1.54) is 11.3 Å². The molecule has 0 aromatic carbocycles. The molecule has 0 aliphatic carbocycles. The summed E-state index contributed by atoms with van der Waals surface area (Å²) in [5.41, 5.74) is 0.393. The van der Waals surface area contributed by atoms with Gasteiger partial charge in [-0.2, -0.15) is 0 Å². The number of nitrogens with zero attached hydrogens (tertiary/aromatic N) is 1. The zero-order chi connectivity index (χ0) is 8.43. The lowest BCUT2D eigenvalue weighted by molar-refractivity contribution is 0.0776. The van der Waals surface area contributed by atoms with Crippen molar-refractivity contribution in [1.29, 1.82) is 0 Å². The first-order valence-electron chi connectivity index (χ1n) is 2.92. The molecular weight excluding hydrogens is 230 g/mol. The van der Waals surface area contributed by atoms with Gasteiger partial charge >= 0.3 is 5.97 Å². The van der Waals surface area contributed by atoms with Crippen LogP contribution in [-0.2, 0) is 3.83 Å². The highest BCUT2D eigenvalue weighted by atomic mass is 79.9. The van der Waals surface area contributed by atoms with E-state index in [1.807, 2.05) is 13.8 Å². The monoisotopic (exact) mass is 235 g/mol. The minimum absolute atomic E-state index is 0.393. The molecule has 0 spiro atoms. The van der Waals surface area contributed by atoms with Crippen LogP contribution < -0.4 is 0 Å². The maximum absolute atomic E-state index is 10.9. The molecule has 1 heterocycles. The zero-order valence-electron chi connectivity index (χ0n) is 6.05. The maximum atomic E-state index is 10.9. The minimum atomic E-state index is -0.438. The summed E-state index contributed by atoms with van der Waals surface area (Å²) >= 11 is 4.09. The molecule has 0 amide bonds. The first kappa shape index (κ1) is 8.67. The van der Waals surface area contributed by atoms with Crippen molar-refractivity contribution >= 4 is 33.6 Å². The lowest BCUT2D eigenvalue weighted by Gasteiger charge is -1.90. The third kappa shape index (κ3) is 1.78. The van der Waals surface area contributed by atoms with Gasteiger partial charge < -0.3 is 3.83 Å². The Morgan fingerprint density at radius 3 is 2.64 bits per heavy atom. The second kappa shape index (κ2) is 3.32. The highest BCUT2D eigenvalue weighted by molar-refractivity contribution is 9.06. The fraction of sp³-hybridized carbons (Fsp3) is 0.333. The molecule has 0 bridgehead atoms. The normalized spacial score (nSPS) is 9.73. The zero-order valence-corrected chi connectivity index (χ0v) is 8.45. The summed E-state index contributed by atoms with van der Waals surface area (Å²) < 4.78 is 4.35. The van der Waals surface area contributed by atoms with Gasteiger partial charge in [0.25, 0.3) is 0 Å². The molecule has 0 fully saturated rings. The summed E-state index contributed by atoms with van der Waals surface area (Å²) in [4.78, 5) is 15.8. The molecule has 0 unspecified atom stereocenters. The standard InChI is InChI=1S/C6H6BrNO2S/c1-3-5(6(9)10-7)8-4(2)11-3/h1-2H3. The molecule has 0 saturated carbocycles. The molecular formula is C6H6BrNO2S. The van der Waals surface area contributed by atoms with Crippen LogP contribution in [0.2, 0.25) is 0 Å². The molecule has 1 aromatic rings. The van der Waals surface area contributed by atoms with Crippen molar-refractivity contribution in [3.63, 3.8) is 0 Å². The Bertz CT molecular complexity index is 284. The number of rotatable bonds is 1. The van der Waals surface area contributed by atoms with E-state index in [2.05, 4.69) is 25.1 Å². The van der Waals surface area contributed by atoms with E-state index in [-0.39, 0.29) is 0 Å². The van der Waals surface area contributed by atoms with Gasteiger partial charge in [0.15, 0.2) is 22.0 Å². The van der Waals surface area contributed by atoms with Crippen LogP contribution in [0.3, 0.4) is 0 Å². The fourth-order valence-electron chi connectivity index (χ4n) is 0.755. The topological polar surface area (TPSA) is 39.2 Å². The van der Waals surface area contributed by atoms with E-state index < -0.39 is 5.97 Å². The predicted molar refractivity (Wildman–Crippen MR) is 45.9 cm³/mol. The second-order valence-electron chi connectivity index (χ2n) is 2.00. The van der Waals surface area contributed by atoms with Gasteiger partial charge in [-0.25, -0.2) is 9.78 Å². The third-order valence-corrected chi connectivity index (χ3v) is 2.35. The van der Waals surface area contributed by atoms with Crippen molar-refractivity contribution in [2.24, 2.45) is 0 Å². The molecule has 0 aliphatic rings. The van der Waals surface area contributed by atoms with Gasteiger partial charge in [-0.1, -0.05) is 0 Å². The minimum Gasteiger partial charge on any atom is -0.379 e. The smallest absolute Gasteiger partial charge is 0.369 e. The first-order chi connectivity index (χ1) is 5.15. The first-order valence-corrected chi connectivity index (χ1v) is 4.38. The Morgan fingerprint density at radius 1 is 1.64 bits per heavy atom. The van der Waals surface area contributed by atoms with E-state index >= 15 is 0 Å². The van der Waals surface area contributed by atoms with Crippen molar-refractivity contribution < 1.29 is 8.62 Å². The molecule has 0 N–H and O–H groups in total. The number of aromatic nitrogens is 1. The summed E-state index contributed by atoms with van der Waals surface area (Å²) in [6.45, 7) is 3.69. The number of aryl methyl sites for hydroxylation is 2. The van der Waals surface area contributed by atoms with Gasteiger partial charge in [-0.15, -0.1) is 11.3 Å². The highest BCUT2D eigenvalue weighted by Gasteiger charge is 2.14. The van der Waals surface area contributed by atoms with Crippen LogP contribution in [0.5, 0.6) is 0 Å². The molecule has 60 valence electrons. The van der Waals surface area contributed by atoms with Gasteiger partial charge in [0, 0.05) is 4.88 Å². The number of carbonyl (C=O) groups excluding carboxylic acids is 1. The van der Waals surface area contributed by atoms with Crippen molar-refractivity contribution in [2.75, 3.05) is 0 Å². The summed E-state index contributed by atoms with van der Waals surface area (Å²) in [6.07, 6.45) is 0. The Balaban J connectivity index is 3.03. The van der Waals surface area contributed by atoms with Crippen LogP contribution in [0, 0.1) is 13.8 Å². The number of thiazole rings is 1. The van der Waals surface area contributed by atoms with E-state index in [0.717, 1.165) is 9.88 Å². The Labute approximate surface area is 76.9 Å². The molecule has 3 nitrogen and oxygen atoms in total. The van der Waals surface area contributed by atoms with Crippen LogP contribution in [0.4, 0.5) is 0 Å². The summed E-state index contributed by atoms with van der Waals surface area (Å²) in [5.74, 6) is -0.438. The summed E-state index contributed by atoms with van der Waals surface area (Å²) in [7, 11) is 0. The molecule has 0 saturated heterocycles. The number of hydrogen-bond acceptors (Lipinski definition) is 4. The molecule has 5 heteroatoms. The molecule has 11 heavy (non-hydrogen) atoms. The lowest BCUT2D eigenvalue weighted by atomic mass is 10.4. The van der Waals surface area contributed by atoms with E-state index in [0.29, 0.717) is 5.69 Å². The molecule has 0 aliphatic heterocycles. The van der Waals surface area contributed by atoms with Crippen molar-refractivity contribution in [2.45, 2.75) is 13.8 Å². The third-order valence-electron chi connectivity index (χ3n) is 1.17. The Kier molecular flexibility index (Phi) is 2.62. The summed E-state index contributed by atoms with van der Waals surface area (Å²) in [5, 5.41) is 0.871. The quantitative estimate of drug-likeness (QED) is 0.750. The SMILES string of the molecule is Cc1nc(C(=O)OBr)c(C)s1. The largest absolute Gasteiger partial charge is 0.379 e. The van der Waals surface area contributed by atoms with Crippen LogP contribution in [0.1, 0.15) is 20.4 Å². The maximum Gasteiger partial charge on any atom is 0.369 e. The van der Waals surface area contributed by atoms with Crippen molar-refractivity contribution in [3.8, 4) is 0 Å². The molecule has 0 atom stereocenters. The Hall–Kier alpha value is -0.420. The Morgan fingerprint density at radius 2 is 2.27 bits per heavy atom. The average molecular weight is 236 g/mol. The van der Waals surface area contributed by atoms with E-state index in [1.54, 1.807) is 0 Å². The fourth-order valence-corrected chi connectivity index (χ4v) is 1.71.